The molecule has 131 heavy (non-hydrogen) atoms. The normalized spacial score (nSPS) is 13.1. The van der Waals surface area contributed by atoms with Crippen LogP contribution in [0.3, 0.4) is 0 Å². The van der Waals surface area contributed by atoms with Crippen LogP contribution in [0.2, 0.25) is 0 Å². The Labute approximate surface area is 772 Å². The Morgan fingerprint density at radius 3 is 1.23 bits per heavy atom. The van der Waals surface area contributed by atoms with Crippen LogP contribution in [0.1, 0.15) is 137 Å². The first-order valence-electron chi connectivity index (χ1n) is 46.3. The summed E-state index contributed by atoms with van der Waals surface area (Å²) in [4.78, 5) is 5.39. The molecule has 6 heterocycles. The molecule has 0 aliphatic carbocycles. The molecule has 0 radical (unpaired) electrons. The molecule has 21 aromatic rings. The van der Waals surface area contributed by atoms with Crippen molar-refractivity contribution in [2.75, 3.05) is 9.80 Å². The van der Waals surface area contributed by atoms with E-state index in [1.54, 1.807) is 0 Å². The molecule has 0 saturated heterocycles. The minimum absolute atomic E-state index is 0.105. The van der Waals surface area contributed by atoms with Crippen LogP contribution in [0.25, 0.3) is 158 Å². The highest BCUT2D eigenvalue weighted by Crippen LogP contribution is 2.56. The summed E-state index contributed by atoms with van der Waals surface area (Å²) in [6.45, 7) is 34.7. The first-order valence-corrected chi connectivity index (χ1v) is 47.1. The molecule has 0 unspecified atom stereocenters. The molecule has 17 aromatic carbocycles. The summed E-state index contributed by atoms with van der Waals surface area (Å²) in [5.41, 5.74) is 37.2. The Bertz CT molecular complexity index is 8180. The number of hydrogen-bond donors (Lipinski definition) is 0. The van der Waals surface area contributed by atoms with Crippen LogP contribution >= 0.6 is 11.3 Å². The van der Waals surface area contributed by atoms with Crippen LogP contribution in [0.5, 0.6) is 0 Å². The van der Waals surface area contributed by atoms with Gasteiger partial charge in [0.1, 0.15) is 0 Å². The second kappa shape index (κ2) is 29.8. The van der Waals surface area contributed by atoms with Crippen LogP contribution in [0, 0.1) is 11.3 Å². The van der Waals surface area contributed by atoms with E-state index in [1.807, 2.05) is 17.4 Å². The molecule has 0 atom stereocenters. The van der Waals surface area contributed by atoms with Gasteiger partial charge in [-0.05, 0) is 244 Å². The van der Waals surface area contributed by atoms with Gasteiger partial charge in [0, 0.05) is 103 Å². The topological polar surface area (TPSA) is 45.1 Å². The fourth-order valence-electron chi connectivity index (χ4n) is 21.4. The third-order valence-electron chi connectivity index (χ3n) is 28.2. The van der Waals surface area contributed by atoms with Crippen molar-refractivity contribution in [2.45, 2.75) is 131 Å². The molecule has 0 bridgehead atoms. The summed E-state index contributed by atoms with van der Waals surface area (Å²) in [5, 5.41) is 20.4. The minimum Gasteiger partial charge on any atom is -0.311 e. The molecular formula is C123H103BN6S. The Hall–Kier alpha value is -14.5. The molecule has 0 N–H and O–H groups in total. The maximum Gasteiger partial charge on any atom is 0.252 e. The first kappa shape index (κ1) is 81.0. The van der Waals surface area contributed by atoms with E-state index in [-0.39, 0.29) is 33.8 Å². The number of anilines is 6. The number of hydrogen-bond acceptors (Lipinski definition) is 4. The van der Waals surface area contributed by atoms with E-state index in [0.29, 0.717) is 5.56 Å². The van der Waals surface area contributed by atoms with E-state index in [2.05, 4.69) is 479 Å². The van der Waals surface area contributed by atoms with Crippen LogP contribution in [-0.4, -0.2) is 20.4 Å². The molecule has 23 rings (SSSR count). The zero-order valence-corrected chi connectivity index (χ0v) is 78.0. The number of fused-ring (bicyclic) bond motifs is 16. The molecule has 2 aliphatic rings. The Kier molecular flexibility index (Phi) is 18.4. The summed E-state index contributed by atoms with van der Waals surface area (Å²) < 4.78 is 10.2. The van der Waals surface area contributed by atoms with Crippen LogP contribution in [0.4, 0.5) is 34.1 Å². The standard InChI is InChI=1S/C123H103BN6S/c1-119(2,3)80-51-59-104-95(65-80)96-66-81(120(4,5)6)52-60-105(96)126(104)85-55-57-100-110(71-85)130(118-92(77-35-21-17-22-36-77)69-84(123(13,14)15)70-93(118)78-37-23-18-24-38-78)112-73-86(127-102-45-29-26-40-88(102)94-63-75(74-125)49-58-103(94)127)72-111-117(112)124(100)99-56-50-79(64-109(99)129(111)101-44-28-25-39-87(101)76-33-19-16-20-34-76)115-89(90-43-32-48-114-116(90)91-41-27-30-47-113(91)131-114)42-31-46-108(115)128-106-61-53-82(121(7,8)9)67-97(106)98-68-83(122(10,11)12)54-62-107(98)128/h16-73H,1-15H3. The predicted octanol–water partition coefficient (Wildman–Crippen LogP) is 32.1. The molecule has 0 saturated carbocycles. The van der Waals surface area contributed by atoms with Gasteiger partial charge in [0.05, 0.1) is 67.5 Å². The number of nitriles is 1. The second-order valence-corrected chi connectivity index (χ2v) is 42.7. The monoisotopic (exact) mass is 1710 g/mol. The summed E-state index contributed by atoms with van der Waals surface area (Å²) in [6.07, 6.45) is 0. The molecule has 0 spiro atoms. The highest BCUT2D eigenvalue weighted by atomic mass is 32.1. The van der Waals surface area contributed by atoms with Gasteiger partial charge in [-0.15, -0.1) is 11.3 Å². The minimum atomic E-state index is -0.377. The summed E-state index contributed by atoms with van der Waals surface area (Å²) in [5.74, 6) is 0. The fourth-order valence-corrected chi connectivity index (χ4v) is 22.6. The lowest BCUT2D eigenvalue weighted by Gasteiger charge is -2.46. The Morgan fingerprint density at radius 1 is 0.260 bits per heavy atom. The van der Waals surface area contributed by atoms with Crippen molar-refractivity contribution in [3.05, 3.63) is 385 Å². The molecule has 2 aliphatic heterocycles. The average molecular weight is 1710 g/mol. The number of para-hydroxylation sites is 2. The van der Waals surface area contributed by atoms with E-state index in [9.17, 15) is 5.26 Å². The lowest BCUT2D eigenvalue weighted by molar-refractivity contribution is 0.590. The van der Waals surface area contributed by atoms with Crippen molar-refractivity contribution >= 4 is 154 Å². The first-order chi connectivity index (χ1) is 63.1. The average Bonchev–Trinajstić information content (AvgIpc) is 1.37. The molecule has 4 aromatic heterocycles. The van der Waals surface area contributed by atoms with Gasteiger partial charge in [-0.25, -0.2) is 0 Å². The van der Waals surface area contributed by atoms with Crippen molar-refractivity contribution in [3.8, 4) is 78.8 Å². The van der Waals surface area contributed by atoms with Crippen molar-refractivity contribution < 1.29 is 0 Å². The third-order valence-corrected chi connectivity index (χ3v) is 29.4. The molecule has 6 nitrogen and oxygen atoms in total. The van der Waals surface area contributed by atoms with E-state index >= 15 is 0 Å². The molecular weight excluding hydrogens is 1600 g/mol. The van der Waals surface area contributed by atoms with Crippen molar-refractivity contribution in [1.82, 2.24) is 13.7 Å². The second-order valence-electron chi connectivity index (χ2n) is 41.6. The highest BCUT2D eigenvalue weighted by Gasteiger charge is 2.47. The smallest absolute Gasteiger partial charge is 0.252 e. The van der Waals surface area contributed by atoms with Crippen LogP contribution in [0.15, 0.2) is 352 Å². The molecule has 0 fully saturated rings. The van der Waals surface area contributed by atoms with E-state index in [1.165, 1.54) is 91.5 Å². The number of rotatable bonds is 10. The van der Waals surface area contributed by atoms with Crippen molar-refractivity contribution in [2.24, 2.45) is 0 Å². The number of benzene rings is 17. The van der Waals surface area contributed by atoms with Gasteiger partial charge < -0.3 is 23.5 Å². The number of nitrogens with zero attached hydrogens (tertiary/aromatic N) is 6. The van der Waals surface area contributed by atoms with E-state index in [4.69, 9.17) is 0 Å². The lowest BCUT2D eigenvalue weighted by Crippen LogP contribution is -2.61. The maximum absolute atomic E-state index is 10.9. The molecule has 0 amide bonds. The van der Waals surface area contributed by atoms with Gasteiger partial charge in [-0.2, -0.15) is 5.26 Å². The third kappa shape index (κ3) is 13.1. The maximum atomic E-state index is 10.9. The van der Waals surface area contributed by atoms with Gasteiger partial charge in [0.25, 0.3) is 6.71 Å². The van der Waals surface area contributed by atoms with Gasteiger partial charge in [0.2, 0.25) is 0 Å². The van der Waals surface area contributed by atoms with Crippen LogP contribution < -0.4 is 26.2 Å². The zero-order valence-electron chi connectivity index (χ0n) is 77.2. The number of thiophene rings is 1. The predicted molar refractivity (Wildman–Crippen MR) is 562 cm³/mol. The summed E-state index contributed by atoms with van der Waals surface area (Å²) in [7, 11) is 0. The largest absolute Gasteiger partial charge is 0.311 e. The van der Waals surface area contributed by atoms with Gasteiger partial charge in [-0.1, -0.05) is 316 Å². The molecule has 634 valence electrons. The van der Waals surface area contributed by atoms with Crippen LogP contribution in [-0.2, 0) is 27.1 Å². The lowest BCUT2D eigenvalue weighted by atomic mass is 9.33. The van der Waals surface area contributed by atoms with E-state index in [0.717, 1.165) is 145 Å². The van der Waals surface area contributed by atoms with Gasteiger partial charge in [0.15, 0.2) is 0 Å². The fraction of sp³-hybridized carbons (Fsp3) is 0.163. The SMILES string of the molecule is CC(C)(C)c1cc(-c2ccccc2)c(N2c3cc(-n4c5ccc(C(C)(C)C)cc5c5cc(C(C)(C)C)ccc54)ccc3B3c4ccc(-c5c(-c6cccc7sc8ccccc8c67)cccc5-n5c6ccc(C(C)(C)C)cc6c6cc(C(C)(C)C)ccc65)cc4N(c4ccccc4-c4ccccc4)c4cc(-n5c6ccccc6c6cc(C#N)ccc65)cc2c43)c(-c2ccccc2)c1. The van der Waals surface area contributed by atoms with Crippen molar-refractivity contribution in [1.29, 1.82) is 5.26 Å². The number of aromatic nitrogens is 3. The van der Waals surface area contributed by atoms with E-state index < -0.39 is 0 Å². The Morgan fingerprint density at radius 2 is 0.672 bits per heavy atom. The zero-order chi connectivity index (χ0) is 89.8. The summed E-state index contributed by atoms with van der Waals surface area (Å²) in [6, 6.07) is 138. The Balaban J connectivity index is 0.901. The molecule has 8 heteroatoms. The quantitative estimate of drug-likeness (QED) is 0.128. The van der Waals surface area contributed by atoms with Gasteiger partial charge in [-0.3, -0.25) is 0 Å². The van der Waals surface area contributed by atoms with Crippen molar-refractivity contribution in [3.63, 3.8) is 0 Å². The van der Waals surface area contributed by atoms with Gasteiger partial charge >= 0.3 is 0 Å². The summed E-state index contributed by atoms with van der Waals surface area (Å²) >= 11 is 1.87. The highest BCUT2D eigenvalue weighted by molar-refractivity contribution is 7.26.